The highest BCUT2D eigenvalue weighted by atomic mass is 35.5. The number of halogens is 1. The van der Waals surface area contributed by atoms with Gasteiger partial charge in [0.15, 0.2) is 0 Å². The second-order valence-electron chi connectivity index (χ2n) is 6.68. The van der Waals surface area contributed by atoms with Crippen molar-refractivity contribution in [3.63, 3.8) is 0 Å². The topological polar surface area (TPSA) is 97.2 Å². The molecule has 2 aromatic carbocycles. The number of amides is 1. The average molecular weight is 426 g/mol. The molecule has 0 fully saturated rings. The van der Waals surface area contributed by atoms with Crippen LogP contribution in [0.25, 0.3) is 33.5 Å². The SMILES string of the molecule is CCOc1ccc(NC(=O)CCCCl)cc1-c1nc2c(oc3ccccc32)c(=O)[nH]1. The number of hydrogen-bond acceptors (Lipinski definition) is 5. The van der Waals surface area contributed by atoms with Gasteiger partial charge in [-0.2, -0.15) is 0 Å². The van der Waals surface area contributed by atoms with E-state index in [2.05, 4.69) is 15.3 Å². The third-order valence-corrected chi connectivity index (χ3v) is 4.85. The van der Waals surface area contributed by atoms with E-state index >= 15 is 0 Å². The number of carbonyl (C=O) groups excluding carboxylic acids is 1. The largest absolute Gasteiger partial charge is 0.493 e. The summed E-state index contributed by atoms with van der Waals surface area (Å²) in [6.45, 7) is 2.31. The van der Waals surface area contributed by atoms with Gasteiger partial charge in [-0.3, -0.25) is 9.59 Å². The van der Waals surface area contributed by atoms with Gasteiger partial charge in [-0.15, -0.1) is 11.6 Å². The number of benzene rings is 2. The monoisotopic (exact) mass is 425 g/mol. The molecule has 2 heterocycles. The lowest BCUT2D eigenvalue weighted by atomic mass is 10.1. The van der Waals surface area contributed by atoms with E-state index in [9.17, 15) is 9.59 Å². The van der Waals surface area contributed by atoms with Crippen LogP contribution in [0.5, 0.6) is 5.75 Å². The first-order valence-corrected chi connectivity index (χ1v) is 10.2. The molecule has 0 spiro atoms. The van der Waals surface area contributed by atoms with Crippen molar-refractivity contribution in [2.45, 2.75) is 19.8 Å². The summed E-state index contributed by atoms with van der Waals surface area (Å²) in [6.07, 6.45) is 0.921. The molecule has 8 heteroatoms. The number of furan rings is 1. The number of nitrogens with zero attached hydrogens (tertiary/aromatic N) is 1. The maximum absolute atomic E-state index is 12.7. The maximum atomic E-state index is 12.7. The van der Waals surface area contributed by atoms with Crippen LogP contribution in [-0.4, -0.2) is 28.4 Å². The quantitative estimate of drug-likeness (QED) is 0.418. The van der Waals surface area contributed by atoms with Crippen molar-refractivity contribution in [1.29, 1.82) is 0 Å². The molecule has 0 radical (unpaired) electrons. The van der Waals surface area contributed by atoms with Gasteiger partial charge in [0.1, 0.15) is 22.7 Å². The van der Waals surface area contributed by atoms with Crippen molar-refractivity contribution in [2.75, 3.05) is 17.8 Å². The maximum Gasteiger partial charge on any atom is 0.294 e. The number of carbonyl (C=O) groups is 1. The minimum atomic E-state index is -0.384. The van der Waals surface area contributed by atoms with Crippen LogP contribution in [0, 0.1) is 0 Å². The number of H-pyrrole nitrogens is 1. The Hall–Kier alpha value is -3.32. The number of ether oxygens (including phenoxy) is 1. The van der Waals surface area contributed by atoms with Crippen molar-refractivity contribution in [2.24, 2.45) is 0 Å². The Bertz CT molecular complexity index is 1280. The van der Waals surface area contributed by atoms with Crippen LogP contribution in [0.4, 0.5) is 5.69 Å². The highest BCUT2D eigenvalue weighted by Gasteiger charge is 2.17. The Balaban J connectivity index is 1.82. The van der Waals surface area contributed by atoms with Crippen molar-refractivity contribution in [1.82, 2.24) is 9.97 Å². The first-order valence-electron chi connectivity index (χ1n) is 9.65. The van der Waals surface area contributed by atoms with Gasteiger partial charge in [0, 0.05) is 23.4 Å². The number of rotatable bonds is 7. The molecule has 0 atom stereocenters. The van der Waals surface area contributed by atoms with E-state index in [0.717, 1.165) is 5.39 Å². The molecular weight excluding hydrogens is 406 g/mol. The summed E-state index contributed by atoms with van der Waals surface area (Å²) in [5.41, 5.74) is 1.99. The number of para-hydroxylation sites is 1. The van der Waals surface area contributed by atoms with E-state index in [1.807, 2.05) is 25.1 Å². The predicted molar refractivity (Wildman–Crippen MR) is 117 cm³/mol. The summed E-state index contributed by atoms with van der Waals surface area (Å²) in [7, 11) is 0. The molecule has 154 valence electrons. The molecule has 0 saturated carbocycles. The molecule has 4 aromatic rings. The van der Waals surface area contributed by atoms with Gasteiger partial charge in [0.2, 0.25) is 11.5 Å². The Morgan fingerprint density at radius 2 is 2.10 bits per heavy atom. The highest BCUT2D eigenvalue weighted by molar-refractivity contribution is 6.18. The zero-order valence-electron chi connectivity index (χ0n) is 16.3. The number of alkyl halides is 1. The fourth-order valence-electron chi connectivity index (χ4n) is 3.25. The lowest BCUT2D eigenvalue weighted by Gasteiger charge is -2.12. The zero-order chi connectivity index (χ0) is 21.1. The van der Waals surface area contributed by atoms with Crippen LogP contribution in [0.2, 0.25) is 0 Å². The second kappa shape index (κ2) is 8.59. The van der Waals surface area contributed by atoms with Gasteiger partial charge >= 0.3 is 0 Å². The summed E-state index contributed by atoms with van der Waals surface area (Å²) in [4.78, 5) is 32.2. The van der Waals surface area contributed by atoms with Crippen LogP contribution in [0.3, 0.4) is 0 Å². The van der Waals surface area contributed by atoms with Gasteiger partial charge in [-0.1, -0.05) is 12.1 Å². The van der Waals surface area contributed by atoms with E-state index in [1.54, 1.807) is 24.3 Å². The van der Waals surface area contributed by atoms with Crippen molar-refractivity contribution >= 4 is 45.3 Å². The number of hydrogen-bond donors (Lipinski definition) is 2. The number of aromatic nitrogens is 2. The van der Waals surface area contributed by atoms with Gasteiger partial charge in [0.25, 0.3) is 5.56 Å². The normalized spacial score (nSPS) is 11.1. The molecule has 0 saturated heterocycles. The Kier molecular flexibility index (Phi) is 5.72. The molecule has 1 amide bonds. The molecule has 0 bridgehead atoms. The summed E-state index contributed by atoms with van der Waals surface area (Å²) in [6, 6.07) is 12.6. The standard InChI is InChI=1S/C22H20ClN3O4/c1-2-29-16-10-9-13(24-18(27)8-5-11-23)12-15(16)21-25-19-14-6-3-4-7-17(14)30-20(19)22(28)26-21/h3-4,6-7,9-10,12H,2,5,8,11H2,1H3,(H,24,27)(H,25,26,28). The molecule has 30 heavy (non-hydrogen) atoms. The third-order valence-electron chi connectivity index (χ3n) is 4.59. The van der Waals surface area contributed by atoms with Crippen LogP contribution in [-0.2, 0) is 4.79 Å². The number of nitrogens with one attached hydrogen (secondary N) is 2. The molecule has 0 aliphatic carbocycles. The Morgan fingerprint density at radius 3 is 2.90 bits per heavy atom. The average Bonchev–Trinajstić information content (AvgIpc) is 3.13. The first kappa shape index (κ1) is 20.0. The first-order chi connectivity index (χ1) is 14.6. The van der Waals surface area contributed by atoms with Crippen molar-refractivity contribution in [3.8, 4) is 17.1 Å². The van der Waals surface area contributed by atoms with Crippen molar-refractivity contribution < 1.29 is 13.9 Å². The summed E-state index contributed by atoms with van der Waals surface area (Å²) < 4.78 is 11.4. The number of aromatic amines is 1. The lowest BCUT2D eigenvalue weighted by Crippen LogP contribution is -2.12. The Morgan fingerprint density at radius 1 is 1.27 bits per heavy atom. The molecule has 2 aromatic heterocycles. The molecule has 0 unspecified atom stereocenters. The van der Waals surface area contributed by atoms with E-state index in [0.29, 0.717) is 59.3 Å². The molecule has 4 rings (SSSR count). The third kappa shape index (κ3) is 3.89. The second-order valence-corrected chi connectivity index (χ2v) is 7.05. The van der Waals surface area contributed by atoms with Crippen LogP contribution in [0.15, 0.2) is 51.7 Å². The minimum Gasteiger partial charge on any atom is -0.493 e. The summed E-state index contributed by atoms with van der Waals surface area (Å²) >= 11 is 5.66. The minimum absolute atomic E-state index is 0.136. The smallest absolute Gasteiger partial charge is 0.294 e. The lowest BCUT2D eigenvalue weighted by molar-refractivity contribution is -0.116. The van der Waals surface area contributed by atoms with E-state index in [-0.39, 0.29) is 17.0 Å². The molecule has 7 nitrogen and oxygen atoms in total. The molecule has 0 aliphatic rings. The summed E-state index contributed by atoms with van der Waals surface area (Å²) in [5, 5.41) is 3.59. The number of anilines is 1. The van der Waals surface area contributed by atoms with E-state index in [4.69, 9.17) is 20.8 Å². The van der Waals surface area contributed by atoms with Crippen molar-refractivity contribution in [3.05, 3.63) is 52.8 Å². The van der Waals surface area contributed by atoms with E-state index < -0.39 is 0 Å². The van der Waals surface area contributed by atoms with Gasteiger partial charge in [-0.25, -0.2) is 4.98 Å². The molecule has 2 N–H and O–H groups in total. The zero-order valence-corrected chi connectivity index (χ0v) is 17.1. The fraction of sp³-hybridized carbons (Fsp3) is 0.227. The van der Waals surface area contributed by atoms with Gasteiger partial charge in [-0.05, 0) is 43.7 Å². The molecular formula is C22H20ClN3O4. The van der Waals surface area contributed by atoms with Crippen LogP contribution >= 0.6 is 11.6 Å². The van der Waals surface area contributed by atoms with Crippen LogP contribution < -0.4 is 15.6 Å². The fourth-order valence-corrected chi connectivity index (χ4v) is 3.39. The predicted octanol–water partition coefficient (Wildman–Crippen LogP) is 4.69. The highest BCUT2D eigenvalue weighted by Crippen LogP contribution is 2.32. The summed E-state index contributed by atoms with van der Waals surface area (Å²) in [5.74, 6) is 1.17. The molecule has 0 aliphatic heterocycles. The van der Waals surface area contributed by atoms with Gasteiger partial charge in [0.05, 0.1) is 12.2 Å². The van der Waals surface area contributed by atoms with Crippen LogP contribution in [0.1, 0.15) is 19.8 Å². The van der Waals surface area contributed by atoms with Gasteiger partial charge < -0.3 is 19.5 Å². The van der Waals surface area contributed by atoms with E-state index in [1.165, 1.54) is 0 Å². The Labute approximate surface area is 177 Å². The number of fused-ring (bicyclic) bond motifs is 3.